The van der Waals surface area contributed by atoms with E-state index >= 15 is 0 Å². The zero-order valence-electron chi connectivity index (χ0n) is 20.9. The third-order valence-corrected chi connectivity index (χ3v) is 6.95. The Kier molecular flexibility index (Phi) is 7.64. The highest BCUT2D eigenvalue weighted by molar-refractivity contribution is 5.75. The lowest BCUT2D eigenvalue weighted by Crippen LogP contribution is -2.43. The molecule has 2 fully saturated rings. The lowest BCUT2D eigenvalue weighted by atomic mass is 9.79. The van der Waals surface area contributed by atoms with Crippen molar-refractivity contribution >= 4 is 17.7 Å². The Morgan fingerprint density at radius 3 is 2.29 bits per heavy atom. The molecule has 196 valence electrons. The van der Waals surface area contributed by atoms with Crippen LogP contribution in [0.3, 0.4) is 0 Å². The first-order chi connectivity index (χ1) is 16.1. The summed E-state index contributed by atoms with van der Waals surface area (Å²) in [6.07, 6.45) is -4.32. The van der Waals surface area contributed by atoms with Gasteiger partial charge >= 0.3 is 18.2 Å². The molecule has 2 atom stereocenters. The second-order valence-electron chi connectivity index (χ2n) is 10.8. The maximum Gasteiger partial charge on any atom is 0.416 e. The van der Waals surface area contributed by atoms with Crippen LogP contribution in [0.4, 0.5) is 23.7 Å². The van der Waals surface area contributed by atoms with E-state index in [0.717, 1.165) is 12.1 Å². The fourth-order valence-electron chi connectivity index (χ4n) is 4.84. The average Bonchev–Trinajstić information content (AvgIpc) is 3.16. The maximum atomic E-state index is 13.6. The molecule has 0 aliphatic carbocycles. The Balaban J connectivity index is 1.96. The molecule has 0 saturated carbocycles. The summed E-state index contributed by atoms with van der Waals surface area (Å²) in [7, 11) is 1.55. The maximum absolute atomic E-state index is 13.6. The number of carboxylic acid groups (broad SMARTS) is 1. The standard InChI is InChI=1S/C25H35F3N2O5/c1-23(2,3)35-22(33)30-13-16(15-34-5)19(14-30)18-7-6-17(25(26,27)28)12-20(18)29-10-8-24(4,9-11-29)21(31)32/h6-7,12,16,19H,8-11,13-15H2,1-5H3,(H,31,32)/t16-,19+/m1/s1. The predicted molar refractivity (Wildman–Crippen MR) is 125 cm³/mol. The van der Waals surface area contributed by atoms with Gasteiger partial charge < -0.3 is 24.4 Å². The van der Waals surface area contributed by atoms with Crippen molar-refractivity contribution in [1.82, 2.24) is 4.90 Å². The van der Waals surface area contributed by atoms with Gasteiger partial charge in [0.25, 0.3) is 0 Å². The SMILES string of the molecule is COC[C@H]1CN(C(=O)OC(C)(C)C)C[C@@H]1c1ccc(C(F)(F)F)cc1N1CCC(C)(C(=O)O)CC1. The van der Waals surface area contributed by atoms with E-state index in [1.54, 1.807) is 39.7 Å². The van der Waals surface area contributed by atoms with Crippen LogP contribution in [0.1, 0.15) is 57.6 Å². The third-order valence-electron chi connectivity index (χ3n) is 6.95. The monoisotopic (exact) mass is 500 g/mol. The number of methoxy groups -OCH3 is 1. The summed E-state index contributed by atoms with van der Waals surface area (Å²) >= 11 is 0. The van der Waals surface area contributed by atoms with Crippen LogP contribution >= 0.6 is 0 Å². The summed E-state index contributed by atoms with van der Waals surface area (Å²) in [6.45, 7) is 8.66. The smallest absolute Gasteiger partial charge is 0.416 e. The summed E-state index contributed by atoms with van der Waals surface area (Å²) in [5, 5.41) is 9.56. The molecule has 0 unspecified atom stereocenters. The van der Waals surface area contributed by atoms with Gasteiger partial charge in [-0.05, 0) is 58.2 Å². The lowest BCUT2D eigenvalue weighted by Gasteiger charge is -2.39. The van der Waals surface area contributed by atoms with Crippen LogP contribution in [-0.2, 0) is 20.4 Å². The van der Waals surface area contributed by atoms with Crippen molar-refractivity contribution in [2.45, 2.75) is 58.2 Å². The number of piperidine rings is 1. The van der Waals surface area contributed by atoms with Gasteiger partial charge in [-0.2, -0.15) is 13.2 Å². The molecule has 0 aromatic heterocycles. The van der Waals surface area contributed by atoms with Crippen LogP contribution in [0.15, 0.2) is 18.2 Å². The van der Waals surface area contributed by atoms with E-state index in [0.29, 0.717) is 56.9 Å². The molecule has 2 aliphatic rings. The van der Waals surface area contributed by atoms with Crippen molar-refractivity contribution in [3.63, 3.8) is 0 Å². The second kappa shape index (κ2) is 9.87. The number of halogens is 3. The number of carbonyl (C=O) groups excluding carboxylic acids is 1. The largest absolute Gasteiger partial charge is 0.481 e. The van der Waals surface area contributed by atoms with Gasteiger partial charge in [0.15, 0.2) is 0 Å². The Morgan fingerprint density at radius 2 is 1.77 bits per heavy atom. The number of nitrogens with zero attached hydrogens (tertiary/aromatic N) is 2. The molecular weight excluding hydrogens is 465 g/mol. The summed E-state index contributed by atoms with van der Waals surface area (Å²) in [4.78, 5) is 27.8. The predicted octanol–water partition coefficient (Wildman–Crippen LogP) is 4.99. The van der Waals surface area contributed by atoms with Crippen molar-refractivity contribution < 1.29 is 37.3 Å². The lowest BCUT2D eigenvalue weighted by molar-refractivity contribution is -0.149. The number of hydrogen-bond acceptors (Lipinski definition) is 5. The molecule has 1 N–H and O–H groups in total. The van der Waals surface area contributed by atoms with Crippen molar-refractivity contribution in [3.8, 4) is 0 Å². The Morgan fingerprint density at radius 1 is 1.14 bits per heavy atom. The zero-order chi connectivity index (χ0) is 26.2. The van der Waals surface area contributed by atoms with E-state index in [2.05, 4.69) is 0 Å². The third kappa shape index (κ3) is 6.20. The van der Waals surface area contributed by atoms with Gasteiger partial charge in [-0.1, -0.05) is 6.07 Å². The number of alkyl halides is 3. The summed E-state index contributed by atoms with van der Waals surface area (Å²) in [5.41, 5.74) is -1.20. The number of anilines is 1. The molecule has 1 aromatic carbocycles. The van der Waals surface area contributed by atoms with E-state index in [1.807, 2.05) is 4.90 Å². The minimum absolute atomic E-state index is 0.128. The molecule has 2 saturated heterocycles. The summed E-state index contributed by atoms with van der Waals surface area (Å²) in [5.74, 6) is -1.28. The normalized spacial score (nSPS) is 22.9. The Labute approximate surface area is 204 Å². The van der Waals surface area contributed by atoms with Crippen LogP contribution in [0.5, 0.6) is 0 Å². The van der Waals surface area contributed by atoms with E-state index in [4.69, 9.17) is 9.47 Å². The van der Waals surface area contributed by atoms with Gasteiger partial charge in [-0.25, -0.2) is 4.79 Å². The number of likely N-dealkylation sites (tertiary alicyclic amines) is 1. The van der Waals surface area contributed by atoms with Gasteiger partial charge in [0.2, 0.25) is 0 Å². The molecule has 10 heteroatoms. The molecule has 35 heavy (non-hydrogen) atoms. The molecule has 0 spiro atoms. The van der Waals surface area contributed by atoms with Crippen molar-refractivity contribution in [2.24, 2.45) is 11.3 Å². The minimum Gasteiger partial charge on any atom is -0.481 e. The van der Waals surface area contributed by atoms with Gasteiger partial charge in [0, 0.05) is 50.8 Å². The molecule has 7 nitrogen and oxygen atoms in total. The highest BCUT2D eigenvalue weighted by atomic mass is 19.4. The van der Waals surface area contributed by atoms with Crippen molar-refractivity contribution in [3.05, 3.63) is 29.3 Å². The number of hydrogen-bond donors (Lipinski definition) is 1. The minimum atomic E-state index is -4.51. The molecule has 3 rings (SSSR count). The fraction of sp³-hybridized carbons (Fsp3) is 0.680. The number of carbonyl (C=O) groups is 2. The Bertz CT molecular complexity index is 936. The second-order valence-corrected chi connectivity index (χ2v) is 10.8. The average molecular weight is 501 g/mol. The molecular formula is C25H35F3N2O5. The number of rotatable bonds is 5. The van der Waals surface area contributed by atoms with Gasteiger partial charge in [-0.15, -0.1) is 0 Å². The van der Waals surface area contributed by atoms with Crippen LogP contribution in [0.2, 0.25) is 0 Å². The summed E-state index contributed by atoms with van der Waals surface area (Å²) in [6, 6.07) is 3.72. The quantitative estimate of drug-likeness (QED) is 0.614. The summed E-state index contributed by atoms with van der Waals surface area (Å²) < 4.78 is 51.7. The molecule has 0 bridgehead atoms. The highest BCUT2D eigenvalue weighted by Crippen LogP contribution is 2.43. The van der Waals surface area contributed by atoms with Gasteiger partial charge in [0.1, 0.15) is 5.60 Å². The van der Waals surface area contributed by atoms with Crippen LogP contribution in [0.25, 0.3) is 0 Å². The van der Waals surface area contributed by atoms with Crippen LogP contribution in [0, 0.1) is 11.3 Å². The number of amides is 1. The van der Waals surface area contributed by atoms with E-state index in [9.17, 15) is 27.9 Å². The highest BCUT2D eigenvalue weighted by Gasteiger charge is 2.42. The first kappa shape index (κ1) is 27.1. The van der Waals surface area contributed by atoms with E-state index in [1.165, 1.54) is 6.07 Å². The zero-order valence-corrected chi connectivity index (χ0v) is 20.9. The Hall–Kier alpha value is -2.49. The number of ether oxygens (including phenoxy) is 2. The molecule has 0 radical (unpaired) electrons. The van der Waals surface area contributed by atoms with Crippen LogP contribution in [-0.4, -0.2) is 67.6 Å². The van der Waals surface area contributed by atoms with E-state index < -0.39 is 34.8 Å². The number of benzene rings is 1. The molecule has 2 aliphatic heterocycles. The number of aliphatic carboxylic acids is 1. The first-order valence-electron chi connectivity index (χ1n) is 11.8. The van der Waals surface area contributed by atoms with Crippen LogP contribution < -0.4 is 4.90 Å². The van der Waals surface area contributed by atoms with Gasteiger partial charge in [0.05, 0.1) is 17.6 Å². The molecule has 2 heterocycles. The first-order valence-corrected chi connectivity index (χ1v) is 11.8. The molecule has 1 amide bonds. The number of carboxylic acids is 1. The molecule has 1 aromatic rings. The topological polar surface area (TPSA) is 79.3 Å². The van der Waals surface area contributed by atoms with Crippen molar-refractivity contribution in [2.75, 3.05) is 44.8 Å². The van der Waals surface area contributed by atoms with Gasteiger partial charge in [-0.3, -0.25) is 4.79 Å². The van der Waals surface area contributed by atoms with E-state index in [-0.39, 0.29) is 11.8 Å². The fourth-order valence-corrected chi connectivity index (χ4v) is 4.84. The van der Waals surface area contributed by atoms with Crippen molar-refractivity contribution in [1.29, 1.82) is 0 Å².